The number of rotatable bonds is 3. The number of ketones is 1. The standard InChI is InChI=1S/C13H11NO3S/c1-8(15)10-6-18-13(14-10)5-9-2-3-11-12(4-9)17-7-16-11/h2-4,6H,5,7H2,1H3. The zero-order valence-electron chi connectivity index (χ0n) is 9.80. The first-order valence-electron chi connectivity index (χ1n) is 5.56. The molecule has 0 unspecified atom stereocenters. The third kappa shape index (κ3) is 2.09. The topological polar surface area (TPSA) is 48.4 Å². The number of nitrogens with zero attached hydrogens (tertiary/aromatic N) is 1. The van der Waals surface area contributed by atoms with Gasteiger partial charge in [0, 0.05) is 18.7 Å². The van der Waals surface area contributed by atoms with Gasteiger partial charge in [-0.05, 0) is 17.7 Å². The molecule has 0 saturated carbocycles. The Morgan fingerprint density at radius 1 is 1.39 bits per heavy atom. The molecule has 4 nitrogen and oxygen atoms in total. The molecule has 0 saturated heterocycles. The quantitative estimate of drug-likeness (QED) is 0.797. The second kappa shape index (κ2) is 4.42. The smallest absolute Gasteiger partial charge is 0.231 e. The van der Waals surface area contributed by atoms with Gasteiger partial charge in [-0.25, -0.2) is 4.98 Å². The van der Waals surface area contributed by atoms with Crippen molar-refractivity contribution in [3.8, 4) is 11.5 Å². The Bertz CT molecular complexity index is 606. The van der Waals surface area contributed by atoms with E-state index in [0.29, 0.717) is 12.1 Å². The van der Waals surface area contributed by atoms with E-state index in [1.807, 2.05) is 18.2 Å². The fourth-order valence-electron chi connectivity index (χ4n) is 1.78. The van der Waals surface area contributed by atoms with Crippen molar-refractivity contribution in [3.63, 3.8) is 0 Å². The molecule has 2 heterocycles. The summed E-state index contributed by atoms with van der Waals surface area (Å²) in [5, 5.41) is 2.73. The van der Waals surface area contributed by atoms with Crippen molar-refractivity contribution in [3.05, 3.63) is 39.8 Å². The van der Waals surface area contributed by atoms with Crippen molar-refractivity contribution >= 4 is 17.1 Å². The van der Waals surface area contributed by atoms with E-state index in [9.17, 15) is 4.79 Å². The Morgan fingerprint density at radius 2 is 2.22 bits per heavy atom. The summed E-state index contributed by atoms with van der Waals surface area (Å²) in [6.45, 7) is 1.81. The molecular weight excluding hydrogens is 250 g/mol. The fourth-order valence-corrected chi connectivity index (χ4v) is 2.65. The molecule has 0 spiro atoms. The number of Topliss-reactive ketones (excluding diaryl/α,β-unsaturated/α-hetero) is 1. The predicted molar refractivity (Wildman–Crippen MR) is 67.5 cm³/mol. The van der Waals surface area contributed by atoms with E-state index in [1.54, 1.807) is 5.38 Å². The molecule has 3 rings (SSSR count). The van der Waals surface area contributed by atoms with Crippen molar-refractivity contribution < 1.29 is 14.3 Å². The molecule has 1 aromatic carbocycles. The van der Waals surface area contributed by atoms with E-state index < -0.39 is 0 Å². The predicted octanol–water partition coefficient (Wildman–Crippen LogP) is 2.67. The van der Waals surface area contributed by atoms with Gasteiger partial charge in [-0.1, -0.05) is 6.07 Å². The first-order valence-corrected chi connectivity index (χ1v) is 6.44. The Hall–Kier alpha value is -1.88. The summed E-state index contributed by atoms with van der Waals surface area (Å²) in [5.74, 6) is 1.56. The Balaban J connectivity index is 1.81. The van der Waals surface area contributed by atoms with Gasteiger partial charge < -0.3 is 9.47 Å². The van der Waals surface area contributed by atoms with Gasteiger partial charge in [-0.3, -0.25) is 4.79 Å². The van der Waals surface area contributed by atoms with Crippen LogP contribution in [0.2, 0.25) is 0 Å². The van der Waals surface area contributed by atoms with E-state index in [0.717, 1.165) is 22.1 Å². The van der Waals surface area contributed by atoms with Gasteiger partial charge in [-0.15, -0.1) is 11.3 Å². The number of carbonyl (C=O) groups excluding carboxylic acids is 1. The number of thiazole rings is 1. The first-order chi connectivity index (χ1) is 8.72. The molecule has 18 heavy (non-hydrogen) atoms. The SMILES string of the molecule is CC(=O)c1csc(Cc2ccc3c(c2)OCO3)n1. The lowest BCUT2D eigenvalue weighted by atomic mass is 10.1. The van der Waals surface area contributed by atoms with Crippen molar-refractivity contribution in [1.29, 1.82) is 0 Å². The number of carbonyl (C=O) groups is 1. The molecule has 0 aliphatic carbocycles. The molecule has 0 atom stereocenters. The van der Waals surface area contributed by atoms with Crippen molar-refractivity contribution in [2.24, 2.45) is 0 Å². The first kappa shape index (κ1) is 11.2. The van der Waals surface area contributed by atoms with Crippen LogP contribution in [-0.4, -0.2) is 17.6 Å². The van der Waals surface area contributed by atoms with Crippen LogP contribution < -0.4 is 9.47 Å². The number of ether oxygens (including phenoxy) is 2. The monoisotopic (exact) mass is 261 g/mol. The van der Waals surface area contributed by atoms with Gasteiger partial charge in [-0.2, -0.15) is 0 Å². The van der Waals surface area contributed by atoms with E-state index in [-0.39, 0.29) is 12.6 Å². The Kier molecular flexibility index (Phi) is 2.76. The zero-order chi connectivity index (χ0) is 12.5. The summed E-state index contributed by atoms with van der Waals surface area (Å²) in [5.41, 5.74) is 1.64. The maximum Gasteiger partial charge on any atom is 0.231 e. The summed E-state index contributed by atoms with van der Waals surface area (Å²) >= 11 is 1.50. The minimum atomic E-state index is 0.00295. The number of fused-ring (bicyclic) bond motifs is 1. The number of hydrogen-bond donors (Lipinski definition) is 0. The Labute approximate surface area is 108 Å². The van der Waals surface area contributed by atoms with Gasteiger partial charge in [0.25, 0.3) is 0 Å². The van der Waals surface area contributed by atoms with Crippen LogP contribution in [0, 0.1) is 0 Å². The maximum absolute atomic E-state index is 11.2. The van der Waals surface area contributed by atoms with Crippen LogP contribution in [0.5, 0.6) is 11.5 Å². The zero-order valence-corrected chi connectivity index (χ0v) is 10.6. The van der Waals surface area contributed by atoms with Crippen molar-refractivity contribution in [1.82, 2.24) is 4.98 Å². The highest BCUT2D eigenvalue weighted by molar-refractivity contribution is 7.09. The highest BCUT2D eigenvalue weighted by Gasteiger charge is 2.14. The molecule has 92 valence electrons. The molecule has 0 fully saturated rings. The van der Waals surface area contributed by atoms with E-state index in [2.05, 4.69) is 4.98 Å². The van der Waals surface area contributed by atoms with Crippen LogP contribution >= 0.6 is 11.3 Å². The molecule has 0 bridgehead atoms. The van der Waals surface area contributed by atoms with Crippen molar-refractivity contribution in [2.45, 2.75) is 13.3 Å². The third-order valence-corrected chi connectivity index (χ3v) is 3.55. The molecule has 0 amide bonds. The highest BCUT2D eigenvalue weighted by Crippen LogP contribution is 2.33. The largest absolute Gasteiger partial charge is 0.454 e. The lowest BCUT2D eigenvalue weighted by Gasteiger charge is -2.00. The molecule has 5 heteroatoms. The van der Waals surface area contributed by atoms with Gasteiger partial charge in [0.2, 0.25) is 6.79 Å². The molecular formula is C13H11NO3S. The average molecular weight is 261 g/mol. The van der Waals surface area contributed by atoms with Crippen LogP contribution in [0.1, 0.15) is 28.0 Å². The van der Waals surface area contributed by atoms with Crippen LogP contribution in [-0.2, 0) is 6.42 Å². The second-order valence-electron chi connectivity index (χ2n) is 4.05. The van der Waals surface area contributed by atoms with Crippen molar-refractivity contribution in [2.75, 3.05) is 6.79 Å². The number of benzene rings is 1. The minimum Gasteiger partial charge on any atom is -0.454 e. The van der Waals surface area contributed by atoms with Gasteiger partial charge in [0.15, 0.2) is 17.3 Å². The number of aromatic nitrogens is 1. The second-order valence-corrected chi connectivity index (χ2v) is 4.99. The van der Waals surface area contributed by atoms with Crippen LogP contribution in [0.25, 0.3) is 0 Å². The van der Waals surface area contributed by atoms with Gasteiger partial charge in [0.1, 0.15) is 5.69 Å². The fraction of sp³-hybridized carbons (Fsp3) is 0.231. The molecule has 2 aromatic rings. The lowest BCUT2D eigenvalue weighted by molar-refractivity contribution is 0.101. The summed E-state index contributed by atoms with van der Waals surface area (Å²) < 4.78 is 10.6. The van der Waals surface area contributed by atoms with Gasteiger partial charge >= 0.3 is 0 Å². The summed E-state index contributed by atoms with van der Waals surface area (Å²) in [6, 6.07) is 5.84. The van der Waals surface area contributed by atoms with Gasteiger partial charge in [0.05, 0.1) is 5.01 Å². The van der Waals surface area contributed by atoms with E-state index in [1.165, 1.54) is 18.3 Å². The molecule has 1 aliphatic rings. The highest BCUT2D eigenvalue weighted by atomic mass is 32.1. The van der Waals surface area contributed by atoms with Crippen LogP contribution in [0.15, 0.2) is 23.6 Å². The molecule has 0 N–H and O–H groups in total. The van der Waals surface area contributed by atoms with Crippen LogP contribution in [0.3, 0.4) is 0 Å². The Morgan fingerprint density at radius 3 is 3.00 bits per heavy atom. The molecule has 0 radical (unpaired) electrons. The molecule has 1 aromatic heterocycles. The average Bonchev–Trinajstić information content (AvgIpc) is 2.96. The third-order valence-electron chi connectivity index (χ3n) is 2.70. The molecule has 1 aliphatic heterocycles. The normalized spacial score (nSPS) is 12.7. The summed E-state index contributed by atoms with van der Waals surface area (Å²) in [6.07, 6.45) is 0.703. The van der Waals surface area contributed by atoms with E-state index >= 15 is 0 Å². The van der Waals surface area contributed by atoms with Crippen LogP contribution in [0.4, 0.5) is 0 Å². The minimum absolute atomic E-state index is 0.00295. The maximum atomic E-state index is 11.2. The lowest BCUT2D eigenvalue weighted by Crippen LogP contribution is -1.94. The summed E-state index contributed by atoms with van der Waals surface area (Å²) in [4.78, 5) is 15.5. The summed E-state index contributed by atoms with van der Waals surface area (Å²) in [7, 11) is 0. The van der Waals surface area contributed by atoms with E-state index in [4.69, 9.17) is 9.47 Å². The number of hydrogen-bond acceptors (Lipinski definition) is 5.